The Labute approximate surface area is 160 Å². The molecule has 5 nitrogen and oxygen atoms in total. The molecule has 0 radical (unpaired) electrons. The van der Waals surface area contributed by atoms with Crippen LogP contribution in [0, 0.1) is 6.92 Å². The van der Waals surface area contributed by atoms with Gasteiger partial charge in [0.1, 0.15) is 5.75 Å². The number of hydrogen-bond acceptors (Lipinski definition) is 3. The van der Waals surface area contributed by atoms with Gasteiger partial charge < -0.3 is 15.0 Å². The number of hydrogen-bond donors (Lipinski definition) is 1. The number of carbonyl (C=O) groups excluding carboxylic acids is 2. The molecule has 0 aromatic heterocycles. The molecular formula is C22H26N2O3. The number of amides is 2. The topological polar surface area (TPSA) is 58.6 Å². The molecule has 0 aliphatic carbocycles. The number of nitrogens with one attached hydrogen (secondary N) is 1. The molecule has 1 aliphatic heterocycles. The Balaban J connectivity index is 1.62. The van der Waals surface area contributed by atoms with E-state index in [1.54, 1.807) is 12.0 Å². The van der Waals surface area contributed by atoms with Crippen molar-refractivity contribution >= 4 is 17.5 Å². The second kappa shape index (κ2) is 8.25. The molecule has 2 aromatic rings. The molecule has 142 valence electrons. The van der Waals surface area contributed by atoms with Crippen molar-refractivity contribution in [2.45, 2.75) is 39.2 Å². The van der Waals surface area contributed by atoms with E-state index in [2.05, 4.69) is 5.32 Å². The van der Waals surface area contributed by atoms with Crippen LogP contribution >= 0.6 is 0 Å². The van der Waals surface area contributed by atoms with E-state index in [1.165, 1.54) is 0 Å². The first kappa shape index (κ1) is 19.0. The van der Waals surface area contributed by atoms with E-state index in [1.807, 2.05) is 56.3 Å². The third-order valence-corrected chi connectivity index (χ3v) is 4.92. The van der Waals surface area contributed by atoms with Crippen molar-refractivity contribution in [3.8, 4) is 5.75 Å². The highest BCUT2D eigenvalue weighted by molar-refractivity contribution is 5.95. The predicted octanol–water partition coefficient (Wildman–Crippen LogP) is 3.55. The Bertz CT molecular complexity index is 830. The molecular weight excluding hydrogens is 340 g/mol. The molecule has 2 amide bonds. The van der Waals surface area contributed by atoms with Crippen LogP contribution in [-0.4, -0.2) is 25.5 Å². The second-order valence-corrected chi connectivity index (χ2v) is 7.03. The molecule has 0 bridgehead atoms. The van der Waals surface area contributed by atoms with E-state index in [9.17, 15) is 9.59 Å². The first-order chi connectivity index (χ1) is 13.0. The van der Waals surface area contributed by atoms with Crippen molar-refractivity contribution < 1.29 is 14.3 Å². The van der Waals surface area contributed by atoms with Crippen LogP contribution in [0.2, 0.25) is 0 Å². The third kappa shape index (κ3) is 4.48. The van der Waals surface area contributed by atoms with Gasteiger partial charge in [-0.3, -0.25) is 9.59 Å². The van der Waals surface area contributed by atoms with Gasteiger partial charge in [0.2, 0.25) is 11.8 Å². The molecule has 1 fully saturated rings. The summed E-state index contributed by atoms with van der Waals surface area (Å²) in [5.41, 5.74) is 3.92. The molecule has 5 heteroatoms. The highest BCUT2D eigenvalue weighted by Crippen LogP contribution is 2.26. The molecule has 1 unspecified atom stereocenters. The van der Waals surface area contributed by atoms with Gasteiger partial charge in [-0.25, -0.2) is 0 Å². The summed E-state index contributed by atoms with van der Waals surface area (Å²) in [6.07, 6.45) is 1.82. The standard InChI is InChI=1S/C22H26N2O3/c1-15-6-11-20(27-3)19(13-15)16(2)23-21(25)14-17-7-9-18(10-8-17)24-12-4-5-22(24)26/h6-11,13,16H,4-5,12,14H2,1-3H3,(H,23,25). The number of aryl methyl sites for hydroxylation is 1. The minimum atomic E-state index is -0.145. The van der Waals surface area contributed by atoms with Crippen LogP contribution in [0.5, 0.6) is 5.75 Å². The number of rotatable bonds is 6. The molecule has 3 rings (SSSR count). The second-order valence-electron chi connectivity index (χ2n) is 7.03. The Kier molecular flexibility index (Phi) is 5.79. The minimum Gasteiger partial charge on any atom is -0.496 e. The Morgan fingerprint density at radius 1 is 1.22 bits per heavy atom. The first-order valence-corrected chi connectivity index (χ1v) is 9.31. The lowest BCUT2D eigenvalue weighted by molar-refractivity contribution is -0.121. The van der Waals surface area contributed by atoms with E-state index >= 15 is 0 Å². The van der Waals surface area contributed by atoms with Crippen LogP contribution in [-0.2, 0) is 16.0 Å². The minimum absolute atomic E-state index is 0.0453. The molecule has 0 saturated carbocycles. The molecule has 2 aromatic carbocycles. The fourth-order valence-corrected chi connectivity index (χ4v) is 3.46. The number of methoxy groups -OCH3 is 1. The normalized spacial score (nSPS) is 14.9. The van der Waals surface area contributed by atoms with Crippen molar-refractivity contribution in [3.63, 3.8) is 0 Å². The van der Waals surface area contributed by atoms with Gasteiger partial charge in [-0.2, -0.15) is 0 Å². The van der Waals surface area contributed by atoms with Gasteiger partial charge in [0.25, 0.3) is 0 Å². The third-order valence-electron chi connectivity index (χ3n) is 4.92. The molecule has 1 N–H and O–H groups in total. The van der Waals surface area contributed by atoms with Gasteiger partial charge in [0.05, 0.1) is 19.6 Å². The molecule has 1 atom stereocenters. The fourth-order valence-electron chi connectivity index (χ4n) is 3.46. The number of nitrogens with zero attached hydrogens (tertiary/aromatic N) is 1. The lowest BCUT2D eigenvalue weighted by Gasteiger charge is -2.18. The number of anilines is 1. The quantitative estimate of drug-likeness (QED) is 0.851. The molecule has 27 heavy (non-hydrogen) atoms. The van der Waals surface area contributed by atoms with Gasteiger partial charge >= 0.3 is 0 Å². The van der Waals surface area contributed by atoms with Crippen LogP contribution in [0.15, 0.2) is 42.5 Å². The summed E-state index contributed by atoms with van der Waals surface area (Å²) in [4.78, 5) is 26.1. The fraction of sp³-hybridized carbons (Fsp3) is 0.364. The van der Waals surface area contributed by atoms with E-state index in [-0.39, 0.29) is 17.9 Å². The molecule has 1 heterocycles. The van der Waals surface area contributed by atoms with Crippen LogP contribution in [0.1, 0.15) is 42.5 Å². The summed E-state index contributed by atoms with van der Waals surface area (Å²) in [5.74, 6) is 0.894. The Hall–Kier alpha value is -2.82. The van der Waals surface area contributed by atoms with Gasteiger partial charge in [0.15, 0.2) is 0 Å². The van der Waals surface area contributed by atoms with Crippen LogP contribution < -0.4 is 15.0 Å². The molecule has 0 spiro atoms. The van der Waals surface area contributed by atoms with Crippen molar-refractivity contribution in [3.05, 3.63) is 59.2 Å². The SMILES string of the molecule is COc1ccc(C)cc1C(C)NC(=O)Cc1ccc(N2CCCC2=O)cc1. The average Bonchev–Trinajstić information content (AvgIpc) is 3.08. The predicted molar refractivity (Wildman–Crippen MR) is 106 cm³/mol. The zero-order valence-corrected chi connectivity index (χ0v) is 16.1. The highest BCUT2D eigenvalue weighted by atomic mass is 16.5. The van der Waals surface area contributed by atoms with E-state index < -0.39 is 0 Å². The number of ether oxygens (including phenoxy) is 1. The van der Waals surface area contributed by atoms with Crippen LogP contribution in [0.4, 0.5) is 5.69 Å². The number of benzene rings is 2. The maximum atomic E-state index is 12.5. The van der Waals surface area contributed by atoms with Gasteiger partial charge in [0, 0.05) is 24.2 Å². The average molecular weight is 366 g/mol. The number of carbonyl (C=O) groups is 2. The van der Waals surface area contributed by atoms with Gasteiger partial charge in [-0.15, -0.1) is 0 Å². The smallest absolute Gasteiger partial charge is 0.227 e. The van der Waals surface area contributed by atoms with Crippen LogP contribution in [0.25, 0.3) is 0 Å². The summed E-state index contributed by atoms with van der Waals surface area (Å²) in [7, 11) is 1.63. The summed E-state index contributed by atoms with van der Waals surface area (Å²) >= 11 is 0. The zero-order chi connectivity index (χ0) is 19.4. The first-order valence-electron chi connectivity index (χ1n) is 9.31. The summed E-state index contributed by atoms with van der Waals surface area (Å²) in [5, 5.41) is 3.04. The summed E-state index contributed by atoms with van der Waals surface area (Å²) in [6, 6.07) is 13.5. The van der Waals surface area contributed by atoms with Gasteiger partial charge in [-0.1, -0.05) is 29.8 Å². The largest absolute Gasteiger partial charge is 0.496 e. The zero-order valence-electron chi connectivity index (χ0n) is 16.1. The maximum absolute atomic E-state index is 12.5. The highest BCUT2D eigenvalue weighted by Gasteiger charge is 2.21. The molecule has 1 aliphatic rings. The summed E-state index contributed by atoms with van der Waals surface area (Å²) < 4.78 is 5.41. The molecule has 1 saturated heterocycles. The van der Waals surface area contributed by atoms with E-state index in [0.717, 1.165) is 41.1 Å². The van der Waals surface area contributed by atoms with Crippen molar-refractivity contribution in [2.75, 3.05) is 18.6 Å². The van der Waals surface area contributed by atoms with E-state index in [0.29, 0.717) is 12.8 Å². The lowest BCUT2D eigenvalue weighted by atomic mass is 10.0. The monoisotopic (exact) mass is 366 g/mol. The van der Waals surface area contributed by atoms with Crippen LogP contribution in [0.3, 0.4) is 0 Å². The van der Waals surface area contributed by atoms with Crippen molar-refractivity contribution in [1.29, 1.82) is 0 Å². The Morgan fingerprint density at radius 2 is 1.96 bits per heavy atom. The Morgan fingerprint density at radius 3 is 2.59 bits per heavy atom. The lowest BCUT2D eigenvalue weighted by Crippen LogP contribution is -2.28. The maximum Gasteiger partial charge on any atom is 0.227 e. The van der Waals surface area contributed by atoms with E-state index in [4.69, 9.17) is 4.74 Å². The van der Waals surface area contributed by atoms with Crippen molar-refractivity contribution in [2.24, 2.45) is 0 Å². The van der Waals surface area contributed by atoms with Gasteiger partial charge in [-0.05, 0) is 44.0 Å². The van der Waals surface area contributed by atoms with Crippen molar-refractivity contribution in [1.82, 2.24) is 5.32 Å². The summed E-state index contributed by atoms with van der Waals surface area (Å²) in [6.45, 7) is 4.75.